The Balaban J connectivity index is 1.16. The van der Waals surface area contributed by atoms with Gasteiger partial charge >= 0.3 is 6.03 Å². The van der Waals surface area contributed by atoms with Gasteiger partial charge in [0.25, 0.3) is 5.89 Å². The predicted molar refractivity (Wildman–Crippen MR) is 95.2 cm³/mol. The number of nitrogens with zero attached hydrogens (tertiary/aromatic N) is 2. The average Bonchev–Trinajstić information content (AvgIpc) is 3.04. The highest BCUT2D eigenvalue weighted by atomic mass is 19.1. The molecular formula is C20H16F2N4O2. The van der Waals surface area contributed by atoms with Crippen LogP contribution in [0.5, 0.6) is 0 Å². The second-order valence-corrected chi connectivity index (χ2v) is 7.12. The number of nitrogens with one attached hydrogen (secondary N) is 2. The first kappa shape index (κ1) is 16.9. The molecule has 1 aromatic heterocycles. The molecule has 1 heterocycles. The zero-order valence-corrected chi connectivity index (χ0v) is 14.7. The summed E-state index contributed by atoms with van der Waals surface area (Å²) in [7, 11) is 0. The summed E-state index contributed by atoms with van der Waals surface area (Å²) in [5.41, 5.74) is 2.63. The van der Waals surface area contributed by atoms with Crippen molar-refractivity contribution in [2.45, 2.75) is 24.9 Å². The Morgan fingerprint density at radius 2 is 2.04 bits per heavy atom. The van der Waals surface area contributed by atoms with Crippen molar-refractivity contribution in [3.8, 4) is 11.5 Å². The summed E-state index contributed by atoms with van der Waals surface area (Å²) in [5, 5.41) is 9.45. The van der Waals surface area contributed by atoms with E-state index in [-0.39, 0.29) is 36.2 Å². The number of halogens is 2. The van der Waals surface area contributed by atoms with Gasteiger partial charge in [0.1, 0.15) is 11.6 Å². The molecule has 1 fully saturated rings. The number of fused-ring (bicyclic) bond motifs is 3. The molecule has 6 nitrogen and oxygen atoms in total. The first-order valence-corrected chi connectivity index (χ1v) is 9.00. The lowest BCUT2D eigenvalue weighted by molar-refractivity contribution is 0.239. The third-order valence-electron chi connectivity index (χ3n) is 5.33. The monoisotopic (exact) mass is 382 g/mol. The Morgan fingerprint density at radius 3 is 2.89 bits per heavy atom. The van der Waals surface area contributed by atoms with Crippen LogP contribution in [-0.2, 0) is 13.0 Å². The van der Waals surface area contributed by atoms with Gasteiger partial charge in [0.05, 0.1) is 6.54 Å². The van der Waals surface area contributed by atoms with Crippen LogP contribution in [0.15, 0.2) is 47.0 Å². The fourth-order valence-electron chi connectivity index (χ4n) is 4.01. The summed E-state index contributed by atoms with van der Waals surface area (Å²) in [6.45, 7) is 0.0918. The van der Waals surface area contributed by atoms with E-state index in [4.69, 9.17) is 4.52 Å². The first-order chi connectivity index (χ1) is 13.6. The number of aromatic nitrogens is 2. The predicted octanol–water partition coefficient (Wildman–Crippen LogP) is 3.15. The van der Waals surface area contributed by atoms with Gasteiger partial charge in [-0.1, -0.05) is 17.3 Å². The summed E-state index contributed by atoms with van der Waals surface area (Å²) < 4.78 is 31.7. The molecule has 3 aromatic rings. The fourth-order valence-corrected chi connectivity index (χ4v) is 4.01. The summed E-state index contributed by atoms with van der Waals surface area (Å²) >= 11 is 0. The molecule has 2 aromatic carbocycles. The molecule has 5 rings (SSSR count). The van der Waals surface area contributed by atoms with Crippen molar-refractivity contribution in [1.29, 1.82) is 0 Å². The van der Waals surface area contributed by atoms with Crippen molar-refractivity contribution in [2.24, 2.45) is 5.92 Å². The lowest BCUT2D eigenvalue weighted by atomic mass is 10.0. The molecule has 2 N–H and O–H groups in total. The topological polar surface area (TPSA) is 80.1 Å². The molecule has 1 saturated carbocycles. The molecule has 3 unspecified atom stereocenters. The number of carbonyl (C=O) groups excluding carboxylic acids is 1. The standard InChI is InChI=1S/C20H16F2N4O2/c21-12-3-1-2-10(6-12)19-24-16(26-28-19)9-23-20(27)25-18-15-8-11-7-13(22)4-5-14(11)17(15)18/h1-7,15,17-18H,8-9H2,(H2,23,25,27). The van der Waals surface area contributed by atoms with Gasteiger partial charge in [-0.05, 0) is 53.8 Å². The Kier molecular flexibility index (Phi) is 3.85. The van der Waals surface area contributed by atoms with E-state index in [0.717, 1.165) is 17.5 Å². The summed E-state index contributed by atoms with van der Waals surface area (Å²) in [4.78, 5) is 16.3. The van der Waals surface area contributed by atoms with E-state index in [1.165, 1.54) is 18.2 Å². The van der Waals surface area contributed by atoms with E-state index < -0.39 is 5.82 Å². The highest BCUT2D eigenvalue weighted by Crippen LogP contribution is 2.56. The van der Waals surface area contributed by atoms with E-state index in [9.17, 15) is 13.6 Å². The van der Waals surface area contributed by atoms with Gasteiger partial charge in [-0.15, -0.1) is 0 Å². The molecule has 2 aliphatic rings. The van der Waals surface area contributed by atoms with Crippen LogP contribution >= 0.6 is 0 Å². The molecule has 0 bridgehead atoms. The normalized spacial score (nSPS) is 21.7. The van der Waals surface area contributed by atoms with Crippen molar-refractivity contribution in [1.82, 2.24) is 20.8 Å². The van der Waals surface area contributed by atoms with E-state index in [0.29, 0.717) is 17.3 Å². The van der Waals surface area contributed by atoms with Crippen LogP contribution in [0.1, 0.15) is 22.9 Å². The van der Waals surface area contributed by atoms with Crippen LogP contribution in [0.2, 0.25) is 0 Å². The van der Waals surface area contributed by atoms with Crippen LogP contribution in [0.4, 0.5) is 13.6 Å². The van der Waals surface area contributed by atoms with Gasteiger partial charge in [0.15, 0.2) is 5.82 Å². The molecule has 142 valence electrons. The maximum atomic E-state index is 13.3. The SMILES string of the molecule is O=C(NCc1noc(-c2cccc(F)c2)n1)NC1C2Cc3cc(F)ccc3C21. The van der Waals surface area contributed by atoms with E-state index in [1.807, 2.05) is 6.07 Å². The van der Waals surface area contributed by atoms with Crippen molar-refractivity contribution < 1.29 is 18.1 Å². The molecule has 8 heteroatoms. The third kappa shape index (κ3) is 3.00. The quantitative estimate of drug-likeness (QED) is 0.727. The fraction of sp³-hybridized carbons (Fsp3) is 0.250. The number of hydrogen-bond donors (Lipinski definition) is 2. The molecule has 0 aliphatic heterocycles. The Bertz CT molecular complexity index is 1070. The Hall–Kier alpha value is -3.29. The number of urea groups is 1. The minimum Gasteiger partial charge on any atom is -0.334 e. The Morgan fingerprint density at radius 1 is 1.18 bits per heavy atom. The zero-order chi connectivity index (χ0) is 19.3. The average molecular weight is 382 g/mol. The largest absolute Gasteiger partial charge is 0.334 e. The van der Waals surface area contributed by atoms with Crippen molar-refractivity contribution in [3.05, 3.63) is 71.1 Å². The summed E-state index contributed by atoms with van der Waals surface area (Å²) in [6.07, 6.45) is 0.782. The van der Waals surface area contributed by atoms with Crippen LogP contribution in [-0.4, -0.2) is 22.2 Å². The molecule has 28 heavy (non-hydrogen) atoms. The van der Waals surface area contributed by atoms with Gasteiger partial charge in [0, 0.05) is 17.5 Å². The van der Waals surface area contributed by atoms with Crippen LogP contribution in [0, 0.1) is 17.6 Å². The smallest absolute Gasteiger partial charge is 0.315 e. The summed E-state index contributed by atoms with van der Waals surface area (Å²) in [5.74, 6) is 0.455. The third-order valence-corrected chi connectivity index (χ3v) is 5.33. The minimum atomic E-state index is -0.394. The minimum absolute atomic E-state index is 0.0612. The molecule has 0 saturated heterocycles. The van der Waals surface area contributed by atoms with Gasteiger partial charge in [0.2, 0.25) is 0 Å². The molecular weight excluding hydrogens is 366 g/mol. The second-order valence-electron chi connectivity index (χ2n) is 7.12. The van der Waals surface area contributed by atoms with Crippen molar-refractivity contribution in [2.75, 3.05) is 0 Å². The van der Waals surface area contributed by atoms with Gasteiger partial charge in [-0.2, -0.15) is 4.98 Å². The number of rotatable bonds is 4. The van der Waals surface area contributed by atoms with E-state index in [2.05, 4.69) is 20.8 Å². The molecule has 0 spiro atoms. The van der Waals surface area contributed by atoms with Gasteiger partial charge < -0.3 is 15.2 Å². The van der Waals surface area contributed by atoms with E-state index >= 15 is 0 Å². The van der Waals surface area contributed by atoms with Crippen LogP contribution in [0.25, 0.3) is 11.5 Å². The van der Waals surface area contributed by atoms with Crippen molar-refractivity contribution in [3.63, 3.8) is 0 Å². The lowest BCUT2D eigenvalue weighted by Crippen LogP contribution is -2.38. The maximum Gasteiger partial charge on any atom is 0.315 e. The Labute approximate surface area is 159 Å². The molecule has 2 amide bonds. The number of hydrogen-bond acceptors (Lipinski definition) is 4. The van der Waals surface area contributed by atoms with Gasteiger partial charge in [-0.25, -0.2) is 13.6 Å². The maximum absolute atomic E-state index is 13.3. The van der Waals surface area contributed by atoms with E-state index in [1.54, 1.807) is 18.2 Å². The van der Waals surface area contributed by atoms with Crippen molar-refractivity contribution >= 4 is 6.03 Å². The van der Waals surface area contributed by atoms with Crippen LogP contribution in [0.3, 0.4) is 0 Å². The first-order valence-electron chi connectivity index (χ1n) is 9.00. The van der Waals surface area contributed by atoms with Crippen LogP contribution < -0.4 is 10.6 Å². The molecule has 0 radical (unpaired) electrons. The second kappa shape index (κ2) is 6.40. The van der Waals surface area contributed by atoms with Gasteiger partial charge in [-0.3, -0.25) is 0 Å². The number of carbonyl (C=O) groups is 1. The summed E-state index contributed by atoms with van der Waals surface area (Å²) in [6, 6.07) is 10.4. The number of benzene rings is 2. The highest BCUT2D eigenvalue weighted by Gasteiger charge is 2.56. The molecule has 3 atom stereocenters. The highest BCUT2D eigenvalue weighted by molar-refractivity contribution is 5.75. The molecule has 2 aliphatic carbocycles. The zero-order valence-electron chi connectivity index (χ0n) is 14.7. The number of amides is 2. The lowest BCUT2D eigenvalue weighted by Gasteiger charge is -2.10.